The number of aliphatic hydroxyl groups is 1. The summed E-state index contributed by atoms with van der Waals surface area (Å²) in [6.45, 7) is 0. The van der Waals surface area contributed by atoms with E-state index in [0.717, 1.165) is 6.08 Å². The highest BCUT2D eigenvalue weighted by Crippen LogP contribution is 2.63. The number of hydrogen-bond donors (Lipinski definition) is 1. The second kappa shape index (κ2) is 3.18. The predicted molar refractivity (Wildman–Crippen MR) is 46.0 cm³/mol. The Balaban J connectivity index is 2.53. The van der Waals surface area contributed by atoms with Crippen LogP contribution in [-0.2, 0) is 0 Å². The van der Waals surface area contributed by atoms with Gasteiger partial charge >= 0.3 is 12.4 Å². The molecule has 7 heteroatoms. The lowest BCUT2D eigenvalue weighted by atomic mass is 9.70. The van der Waals surface area contributed by atoms with E-state index in [9.17, 15) is 31.4 Å². The van der Waals surface area contributed by atoms with Crippen molar-refractivity contribution < 1.29 is 31.4 Å². The van der Waals surface area contributed by atoms with Gasteiger partial charge in [0.25, 0.3) is 5.60 Å². The Hall–Kier alpha value is -0.720. The van der Waals surface area contributed by atoms with Gasteiger partial charge in [0.2, 0.25) is 0 Å². The summed E-state index contributed by atoms with van der Waals surface area (Å²) in [6, 6.07) is 0. The summed E-state index contributed by atoms with van der Waals surface area (Å²) in [4.78, 5) is 0. The number of alkyl halides is 6. The molecule has 0 spiro atoms. The second-order valence-corrected chi connectivity index (χ2v) is 4.72. The summed E-state index contributed by atoms with van der Waals surface area (Å²) in [5.74, 6) is -0.286. The normalized spacial score (nSPS) is 33.5. The molecule has 2 atom stereocenters. The van der Waals surface area contributed by atoms with Crippen molar-refractivity contribution in [3.8, 4) is 0 Å². The molecule has 0 heterocycles. The van der Waals surface area contributed by atoms with E-state index in [1.165, 1.54) is 6.08 Å². The minimum Gasteiger partial charge on any atom is -0.373 e. The van der Waals surface area contributed by atoms with Gasteiger partial charge in [-0.3, -0.25) is 0 Å². The van der Waals surface area contributed by atoms with Crippen LogP contribution in [0, 0.1) is 11.3 Å². The van der Waals surface area contributed by atoms with Gasteiger partial charge in [0.05, 0.1) is 0 Å². The molecule has 2 rings (SSSR count). The van der Waals surface area contributed by atoms with Gasteiger partial charge in [-0.05, 0) is 25.2 Å². The molecule has 0 aliphatic heterocycles. The van der Waals surface area contributed by atoms with Crippen molar-refractivity contribution in [2.24, 2.45) is 11.3 Å². The molecular weight excluding hydrogens is 250 g/mol. The molecule has 98 valence electrons. The van der Waals surface area contributed by atoms with E-state index in [-0.39, 0.29) is 25.2 Å². The summed E-state index contributed by atoms with van der Waals surface area (Å²) in [6.07, 6.45) is -9.55. The Bertz CT molecular complexity index is 341. The van der Waals surface area contributed by atoms with E-state index in [1.807, 2.05) is 0 Å². The quantitative estimate of drug-likeness (QED) is 0.567. The van der Waals surface area contributed by atoms with E-state index >= 15 is 0 Å². The highest BCUT2D eigenvalue weighted by Gasteiger charge is 2.79. The number of hydrogen-bond acceptors (Lipinski definition) is 1. The predicted octanol–water partition coefficient (Wildman–Crippen LogP) is 3.20. The lowest BCUT2D eigenvalue weighted by Crippen LogP contribution is -2.65. The molecule has 0 aromatic rings. The van der Waals surface area contributed by atoms with E-state index in [4.69, 9.17) is 0 Å². The Kier molecular flexibility index (Phi) is 2.38. The van der Waals surface area contributed by atoms with Crippen LogP contribution in [0.15, 0.2) is 12.2 Å². The minimum absolute atomic E-state index is 0.255. The third kappa shape index (κ3) is 1.44. The molecule has 2 bridgehead atoms. The van der Waals surface area contributed by atoms with E-state index in [2.05, 4.69) is 0 Å². The Morgan fingerprint density at radius 2 is 1.59 bits per heavy atom. The van der Waals surface area contributed by atoms with Gasteiger partial charge in [-0.2, -0.15) is 26.3 Å². The van der Waals surface area contributed by atoms with Crippen LogP contribution in [0.4, 0.5) is 26.3 Å². The zero-order valence-corrected chi connectivity index (χ0v) is 8.57. The SMILES string of the molecule is OC(C(F)(F)F)(C(F)(F)F)C12C=CC(CC1)C2. The van der Waals surface area contributed by atoms with Crippen LogP contribution < -0.4 is 0 Å². The summed E-state index contributed by atoms with van der Waals surface area (Å²) >= 11 is 0. The van der Waals surface area contributed by atoms with Gasteiger partial charge in [-0.25, -0.2) is 0 Å². The van der Waals surface area contributed by atoms with Gasteiger partial charge in [0.1, 0.15) is 0 Å². The first kappa shape index (κ1) is 12.7. The molecule has 0 saturated heterocycles. The molecule has 2 aliphatic carbocycles. The first-order chi connectivity index (χ1) is 7.54. The van der Waals surface area contributed by atoms with Crippen LogP contribution in [0.2, 0.25) is 0 Å². The molecule has 0 amide bonds. The van der Waals surface area contributed by atoms with Crippen LogP contribution >= 0.6 is 0 Å². The summed E-state index contributed by atoms with van der Waals surface area (Å²) < 4.78 is 76.2. The Morgan fingerprint density at radius 3 is 1.82 bits per heavy atom. The zero-order chi connectivity index (χ0) is 13.1. The maximum absolute atomic E-state index is 12.7. The second-order valence-electron chi connectivity index (χ2n) is 4.72. The number of halogens is 6. The molecular formula is C10H10F6O. The Morgan fingerprint density at radius 1 is 1.06 bits per heavy atom. The van der Waals surface area contributed by atoms with Crippen LogP contribution in [0.1, 0.15) is 19.3 Å². The van der Waals surface area contributed by atoms with Gasteiger partial charge in [0, 0.05) is 5.41 Å². The fourth-order valence-corrected chi connectivity index (χ4v) is 2.93. The third-order valence-electron chi connectivity index (χ3n) is 3.82. The van der Waals surface area contributed by atoms with Gasteiger partial charge in [0.15, 0.2) is 0 Å². The van der Waals surface area contributed by atoms with E-state index < -0.39 is 23.4 Å². The molecule has 1 N–H and O–H groups in total. The number of rotatable bonds is 1. The fraction of sp³-hybridized carbons (Fsp3) is 0.800. The molecule has 2 aliphatic rings. The van der Waals surface area contributed by atoms with E-state index in [1.54, 1.807) is 0 Å². The van der Waals surface area contributed by atoms with Gasteiger partial charge < -0.3 is 5.11 Å². The first-order valence-corrected chi connectivity index (χ1v) is 5.09. The minimum atomic E-state index is -5.73. The highest BCUT2D eigenvalue weighted by molar-refractivity contribution is 5.25. The van der Waals surface area contributed by atoms with Crippen molar-refractivity contribution >= 4 is 0 Å². The van der Waals surface area contributed by atoms with Crippen molar-refractivity contribution in [3.05, 3.63) is 12.2 Å². The van der Waals surface area contributed by atoms with Crippen molar-refractivity contribution in [3.63, 3.8) is 0 Å². The maximum Gasteiger partial charge on any atom is 0.427 e. The standard InChI is InChI=1S/C10H10F6O/c11-9(12,13)8(17,10(14,15)16)7-3-1-6(5-7)2-4-7/h1,3,6,17H,2,4-5H2. The van der Waals surface area contributed by atoms with Crippen molar-refractivity contribution in [2.45, 2.75) is 37.2 Å². The van der Waals surface area contributed by atoms with Crippen molar-refractivity contribution in [2.75, 3.05) is 0 Å². The van der Waals surface area contributed by atoms with Crippen LogP contribution in [0.3, 0.4) is 0 Å². The smallest absolute Gasteiger partial charge is 0.373 e. The highest BCUT2D eigenvalue weighted by atomic mass is 19.4. The van der Waals surface area contributed by atoms with Gasteiger partial charge in [-0.1, -0.05) is 12.2 Å². The number of fused-ring (bicyclic) bond motifs is 2. The molecule has 1 fully saturated rings. The average Bonchev–Trinajstić information content (AvgIpc) is 2.73. The average molecular weight is 260 g/mol. The third-order valence-corrected chi connectivity index (χ3v) is 3.82. The van der Waals surface area contributed by atoms with Crippen LogP contribution in [0.5, 0.6) is 0 Å². The monoisotopic (exact) mass is 260 g/mol. The fourth-order valence-electron chi connectivity index (χ4n) is 2.93. The van der Waals surface area contributed by atoms with Gasteiger partial charge in [-0.15, -0.1) is 0 Å². The number of allylic oxidation sites excluding steroid dienone is 1. The van der Waals surface area contributed by atoms with E-state index in [0.29, 0.717) is 0 Å². The zero-order valence-electron chi connectivity index (χ0n) is 8.57. The topological polar surface area (TPSA) is 20.2 Å². The van der Waals surface area contributed by atoms with Crippen LogP contribution in [0.25, 0.3) is 0 Å². The lowest BCUT2D eigenvalue weighted by Gasteiger charge is -2.44. The first-order valence-electron chi connectivity index (χ1n) is 5.09. The maximum atomic E-state index is 12.7. The molecule has 1 saturated carbocycles. The summed E-state index contributed by atoms with van der Waals surface area (Å²) in [5.41, 5.74) is -6.89. The summed E-state index contributed by atoms with van der Waals surface area (Å²) in [7, 11) is 0. The molecule has 0 aromatic carbocycles. The molecule has 2 unspecified atom stereocenters. The molecule has 0 radical (unpaired) electrons. The van der Waals surface area contributed by atoms with Crippen LogP contribution in [-0.4, -0.2) is 23.1 Å². The van der Waals surface area contributed by atoms with Crippen molar-refractivity contribution in [1.82, 2.24) is 0 Å². The lowest BCUT2D eigenvalue weighted by molar-refractivity contribution is -0.396. The molecule has 1 nitrogen and oxygen atoms in total. The molecule has 0 aromatic heterocycles. The van der Waals surface area contributed by atoms with Crippen molar-refractivity contribution in [1.29, 1.82) is 0 Å². The largest absolute Gasteiger partial charge is 0.427 e. The Labute approximate surface area is 93.1 Å². The molecule has 17 heavy (non-hydrogen) atoms. The summed E-state index contributed by atoms with van der Waals surface area (Å²) in [5, 5.41) is 9.36.